The fourth-order valence-corrected chi connectivity index (χ4v) is 3.51. The molecule has 0 bridgehead atoms. The molecule has 2 aromatic rings. The Bertz CT molecular complexity index is 949. The molecule has 0 unspecified atom stereocenters. The zero-order valence-electron chi connectivity index (χ0n) is 14.3. The molecule has 4 rings (SSSR count). The molecule has 0 aliphatic carbocycles. The molecule has 0 saturated heterocycles. The van der Waals surface area contributed by atoms with Crippen LogP contribution in [0.3, 0.4) is 0 Å². The van der Waals surface area contributed by atoms with Gasteiger partial charge in [0.05, 0.1) is 22.3 Å². The lowest BCUT2D eigenvalue weighted by Crippen LogP contribution is -2.36. The van der Waals surface area contributed by atoms with Gasteiger partial charge in [0, 0.05) is 24.5 Å². The molecule has 8 heteroatoms. The van der Waals surface area contributed by atoms with E-state index in [1.54, 1.807) is 36.4 Å². The lowest BCUT2D eigenvalue weighted by Gasteiger charge is -2.17. The average Bonchev–Trinajstić information content (AvgIpc) is 3.03. The Kier molecular flexibility index (Phi) is 3.69. The van der Waals surface area contributed by atoms with Crippen molar-refractivity contribution in [1.82, 2.24) is 9.80 Å². The van der Waals surface area contributed by atoms with Gasteiger partial charge in [-0.2, -0.15) is 0 Å². The number of imide groups is 2. The Balaban J connectivity index is 1.46. The lowest BCUT2D eigenvalue weighted by molar-refractivity contribution is 0.0627. The third kappa shape index (κ3) is 2.37. The van der Waals surface area contributed by atoms with E-state index in [1.807, 2.05) is 0 Å². The van der Waals surface area contributed by atoms with Crippen LogP contribution < -0.4 is 11.5 Å². The number of nitrogen functional groups attached to an aromatic ring is 2. The topological polar surface area (TPSA) is 127 Å². The first kappa shape index (κ1) is 16.8. The van der Waals surface area contributed by atoms with Crippen molar-refractivity contribution in [3.05, 3.63) is 58.7 Å². The lowest BCUT2D eigenvalue weighted by atomic mass is 10.1. The number of anilines is 2. The minimum Gasteiger partial charge on any atom is -0.398 e. The molecule has 2 aliphatic rings. The zero-order chi connectivity index (χ0) is 19.3. The van der Waals surface area contributed by atoms with Crippen LogP contribution in [0.5, 0.6) is 0 Å². The van der Waals surface area contributed by atoms with Gasteiger partial charge in [-0.3, -0.25) is 29.0 Å². The van der Waals surface area contributed by atoms with Crippen molar-refractivity contribution in [2.24, 2.45) is 0 Å². The number of fused-ring (bicyclic) bond motifs is 2. The first-order valence-electron chi connectivity index (χ1n) is 8.41. The second kappa shape index (κ2) is 5.94. The fraction of sp³-hybridized carbons (Fsp3) is 0.158. The molecular formula is C19H16N4O4. The number of hydrogen-bond donors (Lipinski definition) is 2. The summed E-state index contributed by atoms with van der Waals surface area (Å²) in [7, 11) is 0. The molecule has 136 valence electrons. The van der Waals surface area contributed by atoms with E-state index >= 15 is 0 Å². The van der Waals surface area contributed by atoms with Crippen LogP contribution in [-0.2, 0) is 0 Å². The average molecular weight is 364 g/mol. The van der Waals surface area contributed by atoms with Crippen LogP contribution in [0.15, 0.2) is 36.4 Å². The molecule has 2 aromatic carbocycles. The number of amides is 4. The van der Waals surface area contributed by atoms with Crippen LogP contribution >= 0.6 is 0 Å². The van der Waals surface area contributed by atoms with Crippen molar-refractivity contribution in [2.75, 3.05) is 24.6 Å². The maximum absolute atomic E-state index is 12.5. The van der Waals surface area contributed by atoms with Gasteiger partial charge in [0.1, 0.15) is 0 Å². The third-order valence-electron chi connectivity index (χ3n) is 4.83. The van der Waals surface area contributed by atoms with Crippen LogP contribution in [0.2, 0.25) is 0 Å². The van der Waals surface area contributed by atoms with Crippen molar-refractivity contribution < 1.29 is 19.2 Å². The number of nitrogens with zero attached hydrogens (tertiary/aromatic N) is 2. The first-order chi connectivity index (χ1) is 12.9. The van der Waals surface area contributed by atoms with E-state index in [-0.39, 0.29) is 53.1 Å². The van der Waals surface area contributed by atoms with E-state index in [9.17, 15) is 19.2 Å². The van der Waals surface area contributed by atoms with Crippen molar-refractivity contribution in [3.63, 3.8) is 0 Å². The molecule has 2 aliphatic heterocycles. The molecule has 4 N–H and O–H groups in total. The summed E-state index contributed by atoms with van der Waals surface area (Å²) in [5.74, 6) is -1.76. The molecule has 0 atom stereocenters. The maximum atomic E-state index is 12.5. The molecule has 0 spiro atoms. The summed E-state index contributed by atoms with van der Waals surface area (Å²) in [6, 6.07) is 9.48. The third-order valence-corrected chi connectivity index (χ3v) is 4.83. The van der Waals surface area contributed by atoms with E-state index in [0.29, 0.717) is 0 Å². The minimum atomic E-state index is -0.459. The minimum absolute atomic E-state index is 0.0780. The Hall–Kier alpha value is -3.68. The summed E-state index contributed by atoms with van der Waals surface area (Å²) >= 11 is 0. The fourth-order valence-electron chi connectivity index (χ4n) is 3.51. The molecule has 0 aromatic heterocycles. The summed E-state index contributed by atoms with van der Waals surface area (Å²) < 4.78 is 0. The summed E-state index contributed by atoms with van der Waals surface area (Å²) in [4.78, 5) is 52.0. The van der Waals surface area contributed by atoms with E-state index < -0.39 is 23.6 Å². The molecule has 27 heavy (non-hydrogen) atoms. The van der Waals surface area contributed by atoms with E-state index in [0.717, 1.165) is 9.80 Å². The predicted octanol–water partition coefficient (Wildman–Crippen LogP) is 1.13. The largest absolute Gasteiger partial charge is 0.398 e. The van der Waals surface area contributed by atoms with E-state index in [4.69, 9.17) is 11.5 Å². The van der Waals surface area contributed by atoms with Gasteiger partial charge in [0.2, 0.25) is 0 Å². The predicted molar refractivity (Wildman–Crippen MR) is 97.1 cm³/mol. The van der Waals surface area contributed by atoms with Gasteiger partial charge in [0.15, 0.2) is 0 Å². The monoisotopic (exact) mass is 364 g/mol. The first-order valence-corrected chi connectivity index (χ1v) is 8.41. The zero-order valence-corrected chi connectivity index (χ0v) is 14.3. The molecule has 2 heterocycles. The number of carbonyl (C=O) groups excluding carboxylic acids is 4. The highest BCUT2D eigenvalue weighted by Gasteiger charge is 2.39. The van der Waals surface area contributed by atoms with Gasteiger partial charge in [-0.15, -0.1) is 0 Å². The van der Waals surface area contributed by atoms with Crippen molar-refractivity contribution in [1.29, 1.82) is 0 Å². The highest BCUT2D eigenvalue weighted by Crippen LogP contribution is 2.29. The molecule has 0 saturated carbocycles. The second-order valence-corrected chi connectivity index (χ2v) is 6.42. The van der Waals surface area contributed by atoms with Crippen molar-refractivity contribution in [3.8, 4) is 0 Å². The SMILES string of the molecule is Nc1cccc2c1C(=O)N(CCCN1C(=O)c3cccc(N)c3C1=O)C2=O. The number of hydrogen-bond acceptors (Lipinski definition) is 6. The van der Waals surface area contributed by atoms with Crippen molar-refractivity contribution in [2.45, 2.75) is 6.42 Å². The molecule has 8 nitrogen and oxygen atoms in total. The molecule has 0 radical (unpaired) electrons. The van der Waals surface area contributed by atoms with Gasteiger partial charge in [-0.25, -0.2) is 0 Å². The van der Waals surface area contributed by atoms with Gasteiger partial charge in [-0.1, -0.05) is 12.1 Å². The van der Waals surface area contributed by atoms with E-state index in [1.165, 1.54) is 0 Å². The number of nitrogens with two attached hydrogens (primary N) is 2. The van der Waals surface area contributed by atoms with E-state index in [2.05, 4.69) is 0 Å². The smallest absolute Gasteiger partial charge is 0.263 e. The Labute approximate surface area is 154 Å². The summed E-state index contributed by atoms with van der Waals surface area (Å²) in [6.07, 6.45) is 0.261. The normalized spacial score (nSPS) is 15.6. The van der Waals surface area contributed by atoms with Crippen LogP contribution in [-0.4, -0.2) is 46.5 Å². The number of carbonyl (C=O) groups is 4. The quantitative estimate of drug-likeness (QED) is 0.618. The van der Waals surface area contributed by atoms with Crippen molar-refractivity contribution >= 4 is 35.0 Å². The second-order valence-electron chi connectivity index (χ2n) is 6.42. The van der Waals surface area contributed by atoms with Gasteiger partial charge >= 0.3 is 0 Å². The highest BCUT2D eigenvalue weighted by atomic mass is 16.2. The van der Waals surface area contributed by atoms with Gasteiger partial charge in [-0.05, 0) is 30.7 Å². The Morgan fingerprint density at radius 2 is 1.04 bits per heavy atom. The summed E-state index contributed by atoms with van der Waals surface area (Å²) in [6.45, 7) is 0.156. The van der Waals surface area contributed by atoms with Crippen LogP contribution in [0, 0.1) is 0 Å². The number of benzene rings is 2. The van der Waals surface area contributed by atoms with Gasteiger partial charge < -0.3 is 11.5 Å². The molecular weight excluding hydrogens is 348 g/mol. The van der Waals surface area contributed by atoms with Crippen LogP contribution in [0.4, 0.5) is 11.4 Å². The number of rotatable bonds is 4. The Morgan fingerprint density at radius 1 is 0.630 bits per heavy atom. The summed E-state index contributed by atoms with van der Waals surface area (Å²) in [5.41, 5.74) is 13.1. The van der Waals surface area contributed by atoms with Crippen LogP contribution in [0.1, 0.15) is 47.9 Å². The highest BCUT2D eigenvalue weighted by molar-refractivity contribution is 6.24. The molecule has 0 fully saturated rings. The summed E-state index contributed by atoms with van der Waals surface area (Å²) in [5, 5.41) is 0. The van der Waals surface area contributed by atoms with Crippen LogP contribution in [0.25, 0.3) is 0 Å². The maximum Gasteiger partial charge on any atom is 0.263 e. The Morgan fingerprint density at radius 3 is 1.41 bits per heavy atom. The van der Waals surface area contributed by atoms with Gasteiger partial charge in [0.25, 0.3) is 23.6 Å². The molecule has 4 amide bonds. The standard InChI is InChI=1S/C19H16N4O4/c20-12-6-1-4-10-14(12)18(26)22(16(10)24)8-3-9-23-17(25)11-5-2-7-13(21)15(11)19(23)27/h1-2,4-7H,3,8-9,20-21H2.